The summed E-state index contributed by atoms with van der Waals surface area (Å²) < 4.78 is 25.5. The van der Waals surface area contributed by atoms with Crippen LogP contribution in [0.3, 0.4) is 0 Å². The van der Waals surface area contributed by atoms with Gasteiger partial charge in [0.05, 0.1) is 0 Å². The second-order valence-corrected chi connectivity index (χ2v) is 18.0. The van der Waals surface area contributed by atoms with Gasteiger partial charge in [-0.15, -0.1) is 0 Å². The standard InChI is InChI=1S/C30H44O5SeSi/c1-10-12-19-34-29(22-17-18-25(32-6)26(20-22)33-7)28(21-35-37(8,9)30(3,4)5)36-27-16-14-13-15-23(27)24(31)11-2/h12-18,20,24,28-29,31H,1,11,19,21H2,2-9H3/t24-,28-,29+/m0/s1. The Balaban J connectivity index is 2.58. The summed E-state index contributed by atoms with van der Waals surface area (Å²) in [4.78, 5) is 0.0446. The van der Waals surface area contributed by atoms with Crippen molar-refractivity contribution in [2.24, 2.45) is 0 Å². The fourth-order valence-electron chi connectivity index (χ4n) is 3.60. The molecule has 0 unspecified atom stereocenters. The molecular formula is C30H44O5SeSi. The Hall–Kier alpha value is -1.82. The second kappa shape index (κ2) is 14.4. The van der Waals surface area contributed by atoms with E-state index in [1.54, 1.807) is 20.3 Å². The predicted molar refractivity (Wildman–Crippen MR) is 156 cm³/mol. The van der Waals surface area contributed by atoms with Crippen LogP contribution in [0, 0.1) is 0 Å². The summed E-state index contributed by atoms with van der Waals surface area (Å²) in [6, 6.07) is 14.1. The van der Waals surface area contributed by atoms with E-state index >= 15 is 0 Å². The third-order valence-corrected chi connectivity index (χ3v) is 14.2. The number of aliphatic hydroxyl groups excluding tert-OH is 1. The van der Waals surface area contributed by atoms with Gasteiger partial charge in [-0.2, -0.15) is 0 Å². The molecular weight excluding hydrogens is 547 g/mol. The van der Waals surface area contributed by atoms with Crippen molar-refractivity contribution in [2.45, 2.75) is 69.3 Å². The van der Waals surface area contributed by atoms with Crippen LogP contribution in [0.1, 0.15) is 57.5 Å². The molecule has 0 saturated heterocycles. The zero-order chi connectivity index (χ0) is 27.6. The summed E-state index contributed by atoms with van der Waals surface area (Å²) in [5.41, 5.74) is 4.80. The Morgan fingerprint density at radius 1 is 1.08 bits per heavy atom. The zero-order valence-corrected chi connectivity index (χ0v) is 26.4. The first kappa shape index (κ1) is 31.4. The van der Waals surface area contributed by atoms with Crippen LogP contribution in [0.5, 0.6) is 11.5 Å². The van der Waals surface area contributed by atoms with Gasteiger partial charge in [0.1, 0.15) is 0 Å². The third-order valence-electron chi connectivity index (χ3n) is 6.93. The third kappa shape index (κ3) is 8.59. The number of hydrogen-bond acceptors (Lipinski definition) is 5. The normalized spacial score (nSPS) is 14.4. The molecule has 2 aromatic carbocycles. The average Bonchev–Trinajstić information content (AvgIpc) is 2.88. The number of rotatable bonds is 14. The van der Waals surface area contributed by atoms with Gasteiger partial charge in [-0.1, -0.05) is 0 Å². The van der Waals surface area contributed by atoms with Crippen molar-refractivity contribution in [2.75, 3.05) is 27.4 Å². The maximum atomic E-state index is 10.7. The Kier molecular flexibility index (Phi) is 12.2. The van der Waals surface area contributed by atoms with Crippen molar-refractivity contribution >= 4 is 27.7 Å². The molecule has 1 N–H and O–H groups in total. The summed E-state index contributed by atoms with van der Waals surface area (Å²) in [6.07, 6.45) is 1.70. The summed E-state index contributed by atoms with van der Waals surface area (Å²) in [5.74, 6) is 1.33. The molecule has 3 atom stereocenters. The number of methoxy groups -OCH3 is 2. The number of benzene rings is 2. The van der Waals surface area contributed by atoms with E-state index in [1.807, 2.05) is 43.3 Å². The minimum atomic E-state index is -2.01. The van der Waals surface area contributed by atoms with E-state index in [1.165, 1.54) is 4.46 Å². The van der Waals surface area contributed by atoms with Crippen LogP contribution in [-0.4, -0.2) is 55.8 Å². The van der Waals surface area contributed by atoms with Gasteiger partial charge in [0, 0.05) is 0 Å². The molecule has 204 valence electrons. The molecule has 0 fully saturated rings. The molecule has 0 aliphatic rings. The van der Waals surface area contributed by atoms with Crippen LogP contribution < -0.4 is 13.9 Å². The quantitative estimate of drug-likeness (QED) is 0.204. The van der Waals surface area contributed by atoms with E-state index in [9.17, 15) is 5.11 Å². The van der Waals surface area contributed by atoms with Crippen LogP contribution in [-0.2, 0) is 9.16 Å². The van der Waals surface area contributed by atoms with Crippen LogP contribution in [0.25, 0.3) is 0 Å². The zero-order valence-electron chi connectivity index (χ0n) is 23.7. The van der Waals surface area contributed by atoms with E-state index in [2.05, 4.69) is 52.2 Å². The van der Waals surface area contributed by atoms with Crippen molar-refractivity contribution in [3.8, 4) is 11.5 Å². The van der Waals surface area contributed by atoms with E-state index in [-0.39, 0.29) is 30.9 Å². The fraction of sp³-hybridized carbons (Fsp3) is 0.500. The van der Waals surface area contributed by atoms with Gasteiger partial charge in [0.2, 0.25) is 0 Å². The number of hydrogen-bond donors (Lipinski definition) is 1. The predicted octanol–water partition coefficient (Wildman–Crippen LogP) is 6.39. The number of aliphatic hydroxyl groups is 1. The van der Waals surface area contributed by atoms with Crippen molar-refractivity contribution in [1.29, 1.82) is 0 Å². The Bertz CT molecular complexity index is 1040. The molecule has 0 radical (unpaired) electrons. The van der Waals surface area contributed by atoms with Gasteiger partial charge in [-0.3, -0.25) is 0 Å². The summed E-state index contributed by atoms with van der Waals surface area (Å²) >= 11 is -0.0508. The molecule has 0 saturated carbocycles. The molecule has 0 heterocycles. The molecule has 0 aliphatic carbocycles. The van der Waals surface area contributed by atoms with Gasteiger partial charge in [0.15, 0.2) is 0 Å². The van der Waals surface area contributed by atoms with E-state index in [0.717, 1.165) is 11.1 Å². The number of ether oxygens (including phenoxy) is 3. The van der Waals surface area contributed by atoms with Crippen molar-refractivity contribution in [1.82, 2.24) is 0 Å². The van der Waals surface area contributed by atoms with E-state index in [4.69, 9.17) is 18.6 Å². The van der Waals surface area contributed by atoms with Crippen LogP contribution in [0.4, 0.5) is 0 Å². The topological polar surface area (TPSA) is 57.2 Å². The first-order valence-corrected chi connectivity index (χ1v) is 17.5. The first-order valence-electron chi connectivity index (χ1n) is 12.7. The minimum absolute atomic E-state index is 0.0446. The Morgan fingerprint density at radius 2 is 1.76 bits per heavy atom. The average molecular weight is 592 g/mol. The van der Waals surface area contributed by atoms with Gasteiger partial charge >= 0.3 is 232 Å². The van der Waals surface area contributed by atoms with Crippen molar-refractivity contribution in [3.63, 3.8) is 0 Å². The Morgan fingerprint density at radius 3 is 2.35 bits per heavy atom. The molecule has 37 heavy (non-hydrogen) atoms. The summed E-state index contributed by atoms with van der Waals surface area (Å²) in [7, 11) is 1.26. The molecule has 2 rings (SSSR count). The van der Waals surface area contributed by atoms with Crippen LogP contribution in [0.2, 0.25) is 22.9 Å². The molecule has 0 aromatic heterocycles. The fourth-order valence-corrected chi connectivity index (χ4v) is 7.66. The Labute approximate surface area is 231 Å². The SMILES string of the molecule is C=C=CCO[C@H](c1ccc(OC)c(OC)c1)[C@H](CO[Si](C)(C)C(C)(C)C)[Se]c1ccccc1[C@@H](O)CC. The molecule has 2 aromatic rings. The molecule has 0 aliphatic heterocycles. The molecule has 0 bridgehead atoms. The van der Waals surface area contributed by atoms with Gasteiger partial charge in [-0.25, -0.2) is 0 Å². The van der Waals surface area contributed by atoms with Gasteiger partial charge in [-0.05, 0) is 0 Å². The van der Waals surface area contributed by atoms with Crippen molar-refractivity contribution < 1.29 is 23.7 Å². The molecule has 7 heteroatoms. The van der Waals surface area contributed by atoms with E-state index in [0.29, 0.717) is 31.1 Å². The maximum absolute atomic E-state index is 10.7. The first-order chi connectivity index (χ1) is 17.5. The second-order valence-electron chi connectivity index (χ2n) is 10.5. The monoisotopic (exact) mass is 592 g/mol. The van der Waals surface area contributed by atoms with E-state index < -0.39 is 14.4 Å². The van der Waals surface area contributed by atoms with Gasteiger partial charge in [0.25, 0.3) is 0 Å². The summed E-state index contributed by atoms with van der Waals surface area (Å²) in [6.45, 7) is 17.9. The molecule has 5 nitrogen and oxygen atoms in total. The molecule has 0 spiro atoms. The van der Waals surface area contributed by atoms with Crippen LogP contribution in [0.15, 0.2) is 60.9 Å². The van der Waals surface area contributed by atoms with Crippen LogP contribution >= 0.6 is 0 Å². The molecule has 0 amide bonds. The van der Waals surface area contributed by atoms with Gasteiger partial charge < -0.3 is 0 Å². The summed E-state index contributed by atoms with van der Waals surface area (Å²) in [5, 5.41) is 10.8. The van der Waals surface area contributed by atoms with Crippen molar-refractivity contribution in [3.05, 3.63) is 72.0 Å².